The monoisotopic (exact) mass is 465 g/mol. The van der Waals surface area contributed by atoms with Gasteiger partial charge >= 0.3 is 0 Å². The molecule has 2 N–H and O–H groups in total. The highest BCUT2D eigenvalue weighted by Gasteiger charge is 2.19. The van der Waals surface area contributed by atoms with Crippen molar-refractivity contribution in [3.8, 4) is 0 Å². The third kappa shape index (κ3) is 8.64. The highest BCUT2D eigenvalue weighted by molar-refractivity contribution is 7.13. The molecule has 0 saturated carbocycles. The minimum atomic E-state index is -0.341. The second kappa shape index (κ2) is 12.4. The lowest BCUT2D eigenvalue weighted by molar-refractivity contribution is -0.120. The SMILES string of the molecule is CCCN(CC(=O)Nc1nc(CC(=O)NCCN(C)C)cs1)C(=O)c1ccc(Cl)cc1. The highest BCUT2D eigenvalue weighted by Crippen LogP contribution is 2.16. The van der Waals surface area contributed by atoms with Crippen LogP contribution in [0.3, 0.4) is 0 Å². The number of halogens is 1. The molecule has 2 rings (SSSR count). The minimum Gasteiger partial charge on any atom is -0.354 e. The number of carbonyl (C=O) groups is 3. The molecule has 1 aromatic heterocycles. The number of aromatic nitrogens is 1. The maximum atomic E-state index is 12.7. The maximum Gasteiger partial charge on any atom is 0.254 e. The maximum absolute atomic E-state index is 12.7. The van der Waals surface area contributed by atoms with Gasteiger partial charge in [0.15, 0.2) is 5.13 Å². The molecule has 0 bridgehead atoms. The molecule has 0 aliphatic carbocycles. The Hall–Kier alpha value is -2.49. The van der Waals surface area contributed by atoms with E-state index in [1.165, 1.54) is 16.2 Å². The molecule has 2 aromatic rings. The summed E-state index contributed by atoms with van der Waals surface area (Å²) in [5.74, 6) is -0.692. The number of rotatable bonds is 11. The fourth-order valence-electron chi connectivity index (χ4n) is 2.72. The summed E-state index contributed by atoms with van der Waals surface area (Å²) in [6, 6.07) is 6.57. The van der Waals surface area contributed by atoms with Gasteiger partial charge in [-0.1, -0.05) is 18.5 Å². The van der Waals surface area contributed by atoms with Gasteiger partial charge in [-0.3, -0.25) is 14.4 Å². The van der Waals surface area contributed by atoms with Crippen LogP contribution in [0.4, 0.5) is 5.13 Å². The summed E-state index contributed by atoms with van der Waals surface area (Å²) in [5, 5.41) is 8.22. The number of nitrogens with one attached hydrogen (secondary N) is 2. The molecule has 0 fully saturated rings. The largest absolute Gasteiger partial charge is 0.354 e. The van der Waals surface area contributed by atoms with Gasteiger partial charge in [0, 0.05) is 35.6 Å². The number of amides is 3. The van der Waals surface area contributed by atoms with Crippen molar-refractivity contribution in [1.29, 1.82) is 0 Å². The lowest BCUT2D eigenvalue weighted by atomic mass is 10.2. The molecule has 10 heteroatoms. The first-order valence-corrected chi connectivity index (χ1v) is 11.2. The van der Waals surface area contributed by atoms with Crippen molar-refractivity contribution >= 4 is 45.8 Å². The number of carbonyl (C=O) groups excluding carboxylic acids is 3. The van der Waals surface area contributed by atoms with Gasteiger partial charge in [-0.2, -0.15) is 0 Å². The van der Waals surface area contributed by atoms with Crippen LogP contribution in [-0.4, -0.2) is 72.8 Å². The first kappa shape index (κ1) is 24.8. The molecule has 31 heavy (non-hydrogen) atoms. The molecule has 0 radical (unpaired) electrons. The van der Waals surface area contributed by atoms with Crippen molar-refractivity contribution in [2.24, 2.45) is 0 Å². The van der Waals surface area contributed by atoms with Crippen LogP contribution in [0.15, 0.2) is 29.6 Å². The summed E-state index contributed by atoms with van der Waals surface area (Å²) in [6.07, 6.45) is 0.869. The van der Waals surface area contributed by atoms with E-state index in [4.69, 9.17) is 11.6 Å². The first-order chi connectivity index (χ1) is 14.8. The third-order valence-electron chi connectivity index (χ3n) is 4.23. The quantitative estimate of drug-likeness (QED) is 0.531. The second-order valence-electron chi connectivity index (χ2n) is 7.26. The van der Waals surface area contributed by atoms with E-state index < -0.39 is 0 Å². The predicted octanol–water partition coefficient (Wildman–Crippen LogP) is 2.51. The van der Waals surface area contributed by atoms with Crippen LogP contribution >= 0.6 is 22.9 Å². The Kier molecular flexibility index (Phi) is 9.90. The van der Waals surface area contributed by atoms with Crippen LogP contribution in [0.1, 0.15) is 29.4 Å². The molecule has 168 valence electrons. The molecule has 1 aromatic carbocycles. The standard InChI is InChI=1S/C21H28ClN5O3S/c1-4-10-27(20(30)15-5-7-16(22)8-6-15)13-19(29)25-21-24-17(14-31-21)12-18(28)23-9-11-26(2)3/h5-8,14H,4,9-13H2,1-3H3,(H,23,28)(H,24,25,29). The Bertz CT molecular complexity index is 885. The summed E-state index contributed by atoms with van der Waals surface area (Å²) >= 11 is 7.13. The lowest BCUT2D eigenvalue weighted by Crippen LogP contribution is -2.38. The van der Waals surface area contributed by atoms with E-state index in [2.05, 4.69) is 15.6 Å². The Morgan fingerprint density at radius 2 is 1.81 bits per heavy atom. The van der Waals surface area contributed by atoms with E-state index in [0.717, 1.165) is 13.0 Å². The number of hydrogen-bond donors (Lipinski definition) is 2. The van der Waals surface area contributed by atoms with Gasteiger partial charge in [-0.15, -0.1) is 11.3 Å². The second-order valence-corrected chi connectivity index (χ2v) is 8.55. The van der Waals surface area contributed by atoms with Gasteiger partial charge in [-0.05, 0) is 44.8 Å². The van der Waals surface area contributed by atoms with Gasteiger partial charge in [0.05, 0.1) is 12.1 Å². The average Bonchev–Trinajstić information content (AvgIpc) is 3.13. The molecule has 0 saturated heterocycles. The highest BCUT2D eigenvalue weighted by atomic mass is 35.5. The number of thiazole rings is 1. The van der Waals surface area contributed by atoms with Crippen molar-refractivity contribution in [1.82, 2.24) is 20.1 Å². The van der Waals surface area contributed by atoms with Crippen LogP contribution in [0.25, 0.3) is 0 Å². The molecule has 1 heterocycles. The van der Waals surface area contributed by atoms with E-state index in [9.17, 15) is 14.4 Å². The summed E-state index contributed by atoms with van der Waals surface area (Å²) in [7, 11) is 3.87. The molecular formula is C21H28ClN5O3S. The van der Waals surface area contributed by atoms with Gasteiger partial charge in [0.1, 0.15) is 6.54 Å². The molecule has 0 spiro atoms. The Labute approximate surface area is 191 Å². The van der Waals surface area contributed by atoms with E-state index in [1.54, 1.807) is 29.6 Å². The van der Waals surface area contributed by atoms with Crippen LogP contribution in [-0.2, 0) is 16.0 Å². The molecule has 0 aliphatic heterocycles. The summed E-state index contributed by atoms with van der Waals surface area (Å²) in [5.41, 5.74) is 1.06. The van der Waals surface area contributed by atoms with Gasteiger partial charge < -0.3 is 20.4 Å². The minimum absolute atomic E-state index is 0.0881. The number of nitrogens with zero attached hydrogens (tertiary/aromatic N) is 3. The number of anilines is 1. The zero-order valence-corrected chi connectivity index (χ0v) is 19.6. The topological polar surface area (TPSA) is 94.6 Å². The zero-order chi connectivity index (χ0) is 22.8. The lowest BCUT2D eigenvalue weighted by Gasteiger charge is -2.21. The molecular weight excluding hydrogens is 438 g/mol. The van der Waals surface area contributed by atoms with Gasteiger partial charge in [0.2, 0.25) is 11.8 Å². The normalized spacial score (nSPS) is 10.7. The van der Waals surface area contributed by atoms with Gasteiger partial charge in [-0.25, -0.2) is 4.98 Å². The zero-order valence-electron chi connectivity index (χ0n) is 18.0. The van der Waals surface area contributed by atoms with E-state index in [-0.39, 0.29) is 30.7 Å². The third-order valence-corrected chi connectivity index (χ3v) is 5.29. The van der Waals surface area contributed by atoms with Crippen LogP contribution in [0.5, 0.6) is 0 Å². The predicted molar refractivity (Wildman–Crippen MR) is 124 cm³/mol. The van der Waals surface area contributed by atoms with Crippen molar-refractivity contribution in [3.05, 3.63) is 45.9 Å². The van der Waals surface area contributed by atoms with Crippen molar-refractivity contribution < 1.29 is 14.4 Å². The molecule has 0 aliphatic rings. The van der Waals surface area contributed by atoms with Crippen LogP contribution < -0.4 is 10.6 Å². The fraction of sp³-hybridized carbons (Fsp3) is 0.429. The van der Waals surface area contributed by atoms with Crippen LogP contribution in [0.2, 0.25) is 5.02 Å². The summed E-state index contributed by atoms with van der Waals surface area (Å²) in [4.78, 5) is 45.0. The van der Waals surface area contributed by atoms with Gasteiger partial charge in [0.25, 0.3) is 5.91 Å². The van der Waals surface area contributed by atoms with Crippen molar-refractivity contribution in [3.63, 3.8) is 0 Å². The number of hydrogen-bond acceptors (Lipinski definition) is 6. The molecule has 0 unspecified atom stereocenters. The van der Waals surface area contributed by atoms with E-state index >= 15 is 0 Å². The Morgan fingerprint density at radius 3 is 2.45 bits per heavy atom. The number of likely N-dealkylation sites (N-methyl/N-ethyl adjacent to an activating group) is 1. The molecule has 8 nitrogen and oxygen atoms in total. The molecule has 3 amide bonds. The summed E-state index contributed by atoms with van der Waals surface area (Å²) < 4.78 is 0. The van der Waals surface area contributed by atoms with Crippen LogP contribution in [0, 0.1) is 0 Å². The average molecular weight is 466 g/mol. The number of benzene rings is 1. The van der Waals surface area contributed by atoms with Crippen molar-refractivity contribution in [2.75, 3.05) is 45.6 Å². The smallest absolute Gasteiger partial charge is 0.254 e. The van der Waals surface area contributed by atoms with E-state index in [1.807, 2.05) is 25.9 Å². The Morgan fingerprint density at radius 1 is 1.10 bits per heavy atom. The first-order valence-electron chi connectivity index (χ1n) is 9.99. The van der Waals surface area contributed by atoms with Crippen molar-refractivity contribution in [2.45, 2.75) is 19.8 Å². The fourth-order valence-corrected chi connectivity index (χ4v) is 3.57. The summed E-state index contributed by atoms with van der Waals surface area (Å²) in [6.45, 7) is 3.62. The van der Waals surface area contributed by atoms with E-state index in [0.29, 0.717) is 34.5 Å². The Balaban J connectivity index is 1.89. The molecule has 0 atom stereocenters.